The van der Waals surface area contributed by atoms with Gasteiger partial charge < -0.3 is 5.73 Å². The Morgan fingerprint density at radius 3 is 2.62 bits per heavy atom. The summed E-state index contributed by atoms with van der Waals surface area (Å²) in [7, 11) is 0. The lowest BCUT2D eigenvalue weighted by molar-refractivity contribution is 0.174. The Morgan fingerprint density at radius 2 is 2.05 bits per heavy atom. The number of nitrogens with two attached hydrogens (primary N) is 1. The maximum Gasteiger partial charge on any atom is 0.344 e. The van der Waals surface area contributed by atoms with Gasteiger partial charge in [0.05, 0.1) is 0 Å². The predicted octanol–water partition coefficient (Wildman–Crippen LogP) is 2.79. The summed E-state index contributed by atoms with van der Waals surface area (Å²) in [5, 5.41) is 7.84. The first-order valence-corrected chi connectivity index (χ1v) is 8.67. The van der Waals surface area contributed by atoms with Crippen molar-refractivity contribution in [1.29, 1.82) is 0 Å². The average Bonchev–Trinajstić information content (AvgIpc) is 2.72. The minimum absolute atomic E-state index is 0.108. The fraction of sp³-hybridized carbons (Fsp3) is 0.867. The largest absolute Gasteiger partial charge is 0.344 e. The monoisotopic (exact) mass is 312 g/mol. The van der Waals surface area contributed by atoms with Gasteiger partial charge >= 0.3 is 5.69 Å². The van der Waals surface area contributed by atoms with E-state index in [1.165, 1.54) is 6.42 Å². The fourth-order valence-electron chi connectivity index (χ4n) is 3.04. The molecule has 0 bridgehead atoms. The number of nitrogens with one attached hydrogen (secondary N) is 1. The highest BCUT2D eigenvalue weighted by Crippen LogP contribution is 2.42. The van der Waals surface area contributed by atoms with Gasteiger partial charge in [-0.05, 0) is 44.4 Å². The van der Waals surface area contributed by atoms with Crippen LogP contribution in [0, 0.1) is 11.3 Å². The molecule has 1 aromatic heterocycles. The maximum atomic E-state index is 11.8. The van der Waals surface area contributed by atoms with Gasteiger partial charge in [0.1, 0.15) is 0 Å². The third-order valence-electron chi connectivity index (χ3n) is 4.51. The Labute approximate surface area is 131 Å². The summed E-state index contributed by atoms with van der Waals surface area (Å²) in [5.41, 5.74) is 6.49. The SMILES string of the molecule is CC(C)n1c(SC2CC(C(C)(C)C)CCC2N)n[nH]c1=O. The molecule has 3 unspecified atom stereocenters. The van der Waals surface area contributed by atoms with Crippen molar-refractivity contribution in [2.75, 3.05) is 0 Å². The van der Waals surface area contributed by atoms with Gasteiger partial charge in [0, 0.05) is 17.3 Å². The molecule has 0 amide bonds. The van der Waals surface area contributed by atoms with Crippen LogP contribution in [0.25, 0.3) is 0 Å². The topological polar surface area (TPSA) is 76.7 Å². The van der Waals surface area contributed by atoms with Crippen molar-refractivity contribution < 1.29 is 0 Å². The first-order chi connectivity index (χ1) is 9.70. The Balaban J connectivity index is 2.16. The second-order valence-corrected chi connectivity index (χ2v) is 8.68. The number of thioether (sulfide) groups is 1. The highest BCUT2D eigenvalue weighted by molar-refractivity contribution is 7.99. The van der Waals surface area contributed by atoms with Gasteiger partial charge in [-0.3, -0.25) is 4.57 Å². The summed E-state index contributed by atoms with van der Waals surface area (Å²) < 4.78 is 1.72. The Kier molecular flexibility index (Phi) is 4.88. The normalized spacial score (nSPS) is 27.3. The molecule has 1 saturated carbocycles. The minimum atomic E-state index is -0.135. The molecule has 5 nitrogen and oxygen atoms in total. The molecule has 1 aliphatic rings. The van der Waals surface area contributed by atoms with E-state index in [0.717, 1.165) is 18.0 Å². The highest BCUT2D eigenvalue weighted by atomic mass is 32.2. The first kappa shape index (κ1) is 16.6. The van der Waals surface area contributed by atoms with Crippen LogP contribution in [0.4, 0.5) is 0 Å². The number of H-pyrrole nitrogens is 1. The van der Waals surface area contributed by atoms with Crippen LogP contribution in [0.5, 0.6) is 0 Å². The molecule has 1 heterocycles. The van der Waals surface area contributed by atoms with E-state index in [1.807, 2.05) is 13.8 Å². The fourth-order valence-corrected chi connectivity index (χ4v) is 4.45. The Morgan fingerprint density at radius 1 is 1.38 bits per heavy atom. The van der Waals surface area contributed by atoms with E-state index in [0.29, 0.717) is 16.6 Å². The van der Waals surface area contributed by atoms with Crippen LogP contribution in [-0.4, -0.2) is 26.1 Å². The molecule has 0 aromatic carbocycles. The molecule has 1 fully saturated rings. The van der Waals surface area contributed by atoms with E-state index in [1.54, 1.807) is 16.3 Å². The molecule has 0 radical (unpaired) electrons. The van der Waals surface area contributed by atoms with E-state index in [9.17, 15) is 4.79 Å². The van der Waals surface area contributed by atoms with Gasteiger partial charge in [0.25, 0.3) is 0 Å². The second-order valence-electron chi connectivity index (χ2n) is 7.47. The first-order valence-electron chi connectivity index (χ1n) is 7.79. The van der Waals surface area contributed by atoms with Crippen LogP contribution in [0.1, 0.15) is 59.9 Å². The van der Waals surface area contributed by atoms with Crippen LogP contribution in [0.3, 0.4) is 0 Å². The summed E-state index contributed by atoms with van der Waals surface area (Å²) in [4.78, 5) is 11.8. The van der Waals surface area contributed by atoms with E-state index >= 15 is 0 Å². The zero-order valence-corrected chi connectivity index (χ0v) is 14.5. The molecule has 3 atom stereocenters. The molecular formula is C15H28N4OS. The van der Waals surface area contributed by atoms with Gasteiger partial charge in [0.15, 0.2) is 5.16 Å². The molecule has 120 valence electrons. The lowest BCUT2D eigenvalue weighted by Crippen LogP contribution is -2.41. The maximum absolute atomic E-state index is 11.8. The van der Waals surface area contributed by atoms with Crippen molar-refractivity contribution in [3.63, 3.8) is 0 Å². The van der Waals surface area contributed by atoms with E-state index in [4.69, 9.17) is 5.73 Å². The minimum Gasteiger partial charge on any atom is -0.327 e. The molecule has 3 N–H and O–H groups in total. The van der Waals surface area contributed by atoms with Crippen molar-refractivity contribution in [3.8, 4) is 0 Å². The Hall–Kier alpha value is -0.750. The molecular weight excluding hydrogens is 284 g/mol. The summed E-state index contributed by atoms with van der Waals surface area (Å²) >= 11 is 1.66. The number of hydrogen-bond acceptors (Lipinski definition) is 4. The van der Waals surface area contributed by atoms with Crippen LogP contribution >= 0.6 is 11.8 Å². The van der Waals surface area contributed by atoms with Gasteiger partial charge in [-0.2, -0.15) is 0 Å². The van der Waals surface area contributed by atoms with Crippen LogP contribution in [0.2, 0.25) is 0 Å². The van der Waals surface area contributed by atoms with E-state index < -0.39 is 0 Å². The predicted molar refractivity (Wildman–Crippen MR) is 87.6 cm³/mol. The second kappa shape index (κ2) is 6.16. The number of aromatic amines is 1. The van der Waals surface area contributed by atoms with Crippen molar-refractivity contribution in [1.82, 2.24) is 14.8 Å². The molecule has 1 aliphatic carbocycles. The van der Waals surface area contributed by atoms with Crippen molar-refractivity contribution in [2.24, 2.45) is 17.1 Å². The lowest BCUT2D eigenvalue weighted by atomic mass is 9.71. The lowest BCUT2D eigenvalue weighted by Gasteiger charge is -2.40. The molecule has 1 aromatic rings. The van der Waals surface area contributed by atoms with E-state index in [-0.39, 0.29) is 17.8 Å². The molecule has 0 spiro atoms. The standard InChI is InChI=1S/C15H28N4OS/c1-9(2)19-13(20)17-18-14(19)21-12-8-10(15(3,4)5)6-7-11(12)16/h9-12H,6-8,16H2,1-5H3,(H,17,20). The zero-order chi connectivity index (χ0) is 15.8. The summed E-state index contributed by atoms with van der Waals surface area (Å²) in [6.45, 7) is 10.9. The quantitative estimate of drug-likeness (QED) is 0.900. The van der Waals surface area contributed by atoms with Crippen LogP contribution in [0.15, 0.2) is 9.95 Å². The third-order valence-corrected chi connectivity index (χ3v) is 5.86. The van der Waals surface area contributed by atoms with Crippen molar-refractivity contribution >= 4 is 11.8 Å². The third kappa shape index (κ3) is 3.72. The molecule has 0 saturated heterocycles. The number of aromatic nitrogens is 3. The molecule has 6 heteroatoms. The highest BCUT2D eigenvalue weighted by Gasteiger charge is 2.35. The van der Waals surface area contributed by atoms with Crippen molar-refractivity contribution in [3.05, 3.63) is 10.5 Å². The van der Waals surface area contributed by atoms with Crippen LogP contribution < -0.4 is 11.4 Å². The zero-order valence-electron chi connectivity index (χ0n) is 13.7. The van der Waals surface area contributed by atoms with Gasteiger partial charge in [-0.25, -0.2) is 9.89 Å². The van der Waals surface area contributed by atoms with E-state index in [2.05, 4.69) is 31.0 Å². The molecule has 2 rings (SSSR count). The van der Waals surface area contributed by atoms with Gasteiger partial charge in [-0.1, -0.05) is 32.5 Å². The summed E-state index contributed by atoms with van der Waals surface area (Å²) in [6.07, 6.45) is 3.34. The van der Waals surface area contributed by atoms with Crippen LogP contribution in [-0.2, 0) is 0 Å². The summed E-state index contributed by atoms with van der Waals surface area (Å²) in [6, 6.07) is 0.290. The smallest absolute Gasteiger partial charge is 0.327 e. The number of rotatable bonds is 3. The Bertz CT molecular complexity index is 529. The molecule has 21 heavy (non-hydrogen) atoms. The average molecular weight is 312 g/mol. The molecule has 0 aliphatic heterocycles. The van der Waals surface area contributed by atoms with Gasteiger partial charge in [0.2, 0.25) is 0 Å². The van der Waals surface area contributed by atoms with Gasteiger partial charge in [-0.15, -0.1) is 5.10 Å². The van der Waals surface area contributed by atoms with Crippen molar-refractivity contribution in [2.45, 2.75) is 76.4 Å². The number of hydrogen-bond donors (Lipinski definition) is 2. The summed E-state index contributed by atoms with van der Waals surface area (Å²) in [5.74, 6) is 0.674. The number of nitrogens with zero attached hydrogens (tertiary/aromatic N) is 2.